The number of sulfonamides is 2. The number of carbonyl (C=O) groups excluding carboxylic acids is 1. The second-order valence-electron chi connectivity index (χ2n) is 9.35. The van der Waals surface area contributed by atoms with Gasteiger partial charge < -0.3 is 5.32 Å². The van der Waals surface area contributed by atoms with Crippen LogP contribution in [0.25, 0.3) is 0 Å². The van der Waals surface area contributed by atoms with Gasteiger partial charge in [-0.05, 0) is 93.4 Å². The van der Waals surface area contributed by atoms with E-state index in [1.807, 2.05) is 32.9 Å². The fourth-order valence-corrected chi connectivity index (χ4v) is 6.07. The molecule has 39 heavy (non-hydrogen) atoms. The summed E-state index contributed by atoms with van der Waals surface area (Å²) in [5.74, 6) is -0.509. The number of hydrogen-bond acceptors (Lipinski definition) is 5. The Bertz CT molecular complexity index is 1750. The van der Waals surface area contributed by atoms with Gasteiger partial charge in [0.2, 0.25) is 0 Å². The first-order chi connectivity index (χ1) is 18.3. The number of benzene rings is 4. The van der Waals surface area contributed by atoms with Crippen LogP contribution in [0.2, 0.25) is 0 Å². The van der Waals surface area contributed by atoms with Gasteiger partial charge in [-0.1, -0.05) is 41.5 Å². The smallest absolute Gasteiger partial charge is 0.261 e. The normalized spacial score (nSPS) is 11.6. The van der Waals surface area contributed by atoms with Gasteiger partial charge in [0.05, 0.1) is 15.5 Å². The Morgan fingerprint density at radius 2 is 1.15 bits per heavy atom. The van der Waals surface area contributed by atoms with Gasteiger partial charge >= 0.3 is 0 Å². The number of anilines is 3. The van der Waals surface area contributed by atoms with Gasteiger partial charge in [-0.2, -0.15) is 0 Å². The highest BCUT2D eigenvalue weighted by atomic mass is 32.2. The second kappa shape index (κ2) is 10.9. The fraction of sp³-hybridized carbons (Fsp3) is 0.138. The molecule has 3 N–H and O–H groups in total. The highest BCUT2D eigenvalue weighted by Crippen LogP contribution is 2.25. The lowest BCUT2D eigenvalue weighted by atomic mass is 10.1. The van der Waals surface area contributed by atoms with E-state index in [4.69, 9.17) is 0 Å². The maximum atomic E-state index is 13.1. The summed E-state index contributed by atoms with van der Waals surface area (Å²) in [6.45, 7) is 7.40. The molecule has 0 aliphatic heterocycles. The van der Waals surface area contributed by atoms with Crippen molar-refractivity contribution in [2.75, 3.05) is 14.8 Å². The standard InChI is InChI=1S/C29H29N3O5S2/c1-19-5-11-24(12-6-19)31-38(34,35)25-14-9-23(10-15-25)29(33)30-28-18-26(13-8-21(28)3)39(36,37)32-27-16-7-20(2)17-22(27)4/h5-18,31-32H,1-4H3,(H,30,33). The summed E-state index contributed by atoms with van der Waals surface area (Å²) < 4.78 is 56.7. The quantitative estimate of drug-likeness (QED) is 0.251. The summed E-state index contributed by atoms with van der Waals surface area (Å²) in [5, 5.41) is 2.73. The molecule has 0 aromatic heterocycles. The van der Waals surface area contributed by atoms with Crippen LogP contribution in [0.1, 0.15) is 32.6 Å². The summed E-state index contributed by atoms with van der Waals surface area (Å²) >= 11 is 0. The van der Waals surface area contributed by atoms with E-state index in [0.717, 1.165) is 16.7 Å². The molecule has 0 saturated carbocycles. The second-order valence-corrected chi connectivity index (χ2v) is 12.7. The Balaban J connectivity index is 1.50. The van der Waals surface area contributed by atoms with Crippen molar-refractivity contribution >= 4 is 43.0 Å². The summed E-state index contributed by atoms with van der Waals surface area (Å²) in [4.78, 5) is 12.9. The number of rotatable bonds is 8. The third-order valence-corrected chi connectivity index (χ3v) is 8.88. The molecule has 10 heteroatoms. The van der Waals surface area contributed by atoms with E-state index in [1.165, 1.54) is 36.4 Å². The predicted octanol–water partition coefficient (Wildman–Crippen LogP) is 5.77. The molecule has 4 rings (SSSR count). The maximum absolute atomic E-state index is 13.1. The largest absolute Gasteiger partial charge is 0.322 e. The topological polar surface area (TPSA) is 121 Å². The summed E-state index contributed by atoms with van der Waals surface area (Å²) in [6.07, 6.45) is 0. The van der Waals surface area contributed by atoms with Crippen molar-refractivity contribution in [2.45, 2.75) is 37.5 Å². The molecule has 1 amide bonds. The molecular weight excluding hydrogens is 534 g/mol. The van der Waals surface area contributed by atoms with E-state index in [9.17, 15) is 21.6 Å². The van der Waals surface area contributed by atoms with Crippen molar-refractivity contribution in [3.63, 3.8) is 0 Å². The van der Waals surface area contributed by atoms with Crippen LogP contribution in [0.3, 0.4) is 0 Å². The zero-order chi connectivity index (χ0) is 28.4. The Morgan fingerprint density at radius 1 is 0.564 bits per heavy atom. The summed E-state index contributed by atoms with van der Waals surface area (Å²) in [6, 6.07) is 22.3. The van der Waals surface area contributed by atoms with Crippen molar-refractivity contribution < 1.29 is 21.6 Å². The molecule has 0 saturated heterocycles. The lowest BCUT2D eigenvalue weighted by Crippen LogP contribution is -2.17. The van der Waals surface area contributed by atoms with Crippen LogP contribution in [0.4, 0.5) is 17.1 Å². The first-order valence-corrected chi connectivity index (χ1v) is 15.0. The molecule has 4 aromatic carbocycles. The first-order valence-electron chi connectivity index (χ1n) is 12.1. The molecule has 0 unspecified atom stereocenters. The molecule has 4 aromatic rings. The highest BCUT2D eigenvalue weighted by Gasteiger charge is 2.19. The van der Waals surface area contributed by atoms with Crippen molar-refractivity contribution in [3.8, 4) is 0 Å². The molecule has 0 aliphatic carbocycles. The lowest BCUT2D eigenvalue weighted by Gasteiger charge is -2.14. The summed E-state index contributed by atoms with van der Waals surface area (Å²) in [5.41, 5.74) is 4.91. The van der Waals surface area contributed by atoms with Gasteiger partial charge in [-0.15, -0.1) is 0 Å². The molecule has 0 aliphatic rings. The summed E-state index contributed by atoms with van der Waals surface area (Å²) in [7, 11) is -7.76. The van der Waals surface area contributed by atoms with Crippen molar-refractivity contribution in [2.24, 2.45) is 0 Å². The van der Waals surface area contributed by atoms with Gasteiger partial charge in [-0.3, -0.25) is 14.2 Å². The van der Waals surface area contributed by atoms with Gasteiger partial charge in [0.1, 0.15) is 0 Å². The van der Waals surface area contributed by atoms with E-state index in [0.29, 0.717) is 22.6 Å². The molecule has 0 heterocycles. The Hall–Kier alpha value is -4.15. The van der Waals surface area contributed by atoms with E-state index in [2.05, 4.69) is 14.8 Å². The van der Waals surface area contributed by atoms with Crippen LogP contribution < -0.4 is 14.8 Å². The molecular formula is C29H29N3O5S2. The number of nitrogens with one attached hydrogen (secondary N) is 3. The van der Waals surface area contributed by atoms with Gasteiger partial charge in [0.25, 0.3) is 26.0 Å². The molecule has 202 valence electrons. The highest BCUT2D eigenvalue weighted by molar-refractivity contribution is 7.93. The first kappa shape index (κ1) is 27.9. The molecule has 0 atom stereocenters. The molecule has 8 nitrogen and oxygen atoms in total. The Morgan fingerprint density at radius 3 is 1.79 bits per heavy atom. The average Bonchev–Trinajstić information content (AvgIpc) is 2.88. The van der Waals surface area contributed by atoms with Crippen LogP contribution in [0.15, 0.2) is 94.7 Å². The van der Waals surface area contributed by atoms with Crippen LogP contribution in [0.5, 0.6) is 0 Å². The van der Waals surface area contributed by atoms with Crippen molar-refractivity contribution in [1.29, 1.82) is 0 Å². The predicted molar refractivity (Wildman–Crippen MR) is 154 cm³/mol. The number of carbonyl (C=O) groups is 1. The minimum Gasteiger partial charge on any atom is -0.322 e. The van der Waals surface area contributed by atoms with Crippen molar-refractivity contribution in [3.05, 3.63) is 113 Å². The van der Waals surface area contributed by atoms with Gasteiger partial charge in [-0.25, -0.2) is 16.8 Å². The monoisotopic (exact) mass is 563 g/mol. The van der Waals surface area contributed by atoms with Crippen LogP contribution in [-0.4, -0.2) is 22.7 Å². The van der Waals surface area contributed by atoms with Crippen LogP contribution in [-0.2, 0) is 20.0 Å². The Labute approximate surface area is 229 Å². The lowest BCUT2D eigenvalue weighted by molar-refractivity contribution is 0.102. The van der Waals surface area contributed by atoms with E-state index >= 15 is 0 Å². The van der Waals surface area contributed by atoms with E-state index in [1.54, 1.807) is 43.3 Å². The molecule has 0 spiro atoms. The van der Waals surface area contributed by atoms with Gasteiger partial charge in [0.15, 0.2) is 0 Å². The van der Waals surface area contributed by atoms with Crippen LogP contribution in [0, 0.1) is 27.7 Å². The number of aryl methyl sites for hydroxylation is 4. The minimum atomic E-state index is -3.91. The van der Waals surface area contributed by atoms with Crippen molar-refractivity contribution in [1.82, 2.24) is 0 Å². The molecule has 0 fully saturated rings. The SMILES string of the molecule is Cc1ccc(NS(=O)(=O)c2ccc(C(=O)Nc3cc(S(=O)(=O)Nc4ccc(C)cc4C)ccc3C)cc2)cc1. The minimum absolute atomic E-state index is 0.00127. The fourth-order valence-electron chi connectivity index (χ4n) is 3.85. The van der Waals surface area contributed by atoms with E-state index in [-0.39, 0.29) is 15.4 Å². The third-order valence-electron chi connectivity index (χ3n) is 6.12. The van der Waals surface area contributed by atoms with E-state index < -0.39 is 26.0 Å². The maximum Gasteiger partial charge on any atom is 0.261 e. The Kier molecular flexibility index (Phi) is 7.80. The zero-order valence-electron chi connectivity index (χ0n) is 21.9. The number of amides is 1. The number of hydrogen-bond donors (Lipinski definition) is 3. The van der Waals surface area contributed by atoms with Gasteiger partial charge in [0, 0.05) is 16.9 Å². The zero-order valence-corrected chi connectivity index (χ0v) is 23.6. The van der Waals surface area contributed by atoms with Crippen LogP contribution >= 0.6 is 0 Å². The molecule has 0 radical (unpaired) electrons. The average molecular weight is 564 g/mol. The third kappa shape index (κ3) is 6.65. The molecule has 0 bridgehead atoms.